The second kappa shape index (κ2) is 8.92. The molecule has 1 amide bonds. The number of carbonyl (C=O) groups is 1. The first kappa shape index (κ1) is 22.7. The fraction of sp³-hybridized carbons (Fsp3) is 0.179. The second-order valence-electron chi connectivity index (χ2n) is 8.93. The highest BCUT2D eigenvalue weighted by atomic mass is 19.1. The van der Waals surface area contributed by atoms with E-state index >= 15 is 0 Å². The third kappa shape index (κ3) is 4.38. The minimum atomic E-state index is -1.00. The number of nitrogens with zero attached hydrogens (tertiary/aromatic N) is 3. The summed E-state index contributed by atoms with van der Waals surface area (Å²) in [6.07, 6.45) is 14.5. The summed E-state index contributed by atoms with van der Waals surface area (Å²) in [6, 6.07) is 9.70. The van der Waals surface area contributed by atoms with Gasteiger partial charge in [-0.1, -0.05) is 29.4 Å². The summed E-state index contributed by atoms with van der Waals surface area (Å²) in [6.45, 7) is 3.50. The Hall–Kier alpha value is -4.10. The molecule has 3 aliphatic rings. The number of allylic oxidation sites excluding steroid dienone is 7. The second-order valence-corrected chi connectivity index (χ2v) is 8.93. The van der Waals surface area contributed by atoms with E-state index in [-0.39, 0.29) is 10.5 Å². The fourth-order valence-electron chi connectivity index (χ4n) is 4.58. The largest absolute Gasteiger partial charge is 0.340 e. The highest BCUT2D eigenvalue weighted by Crippen LogP contribution is 2.41. The molecule has 2 N–H and O–H groups in total. The number of fused-ring (bicyclic) bond motifs is 1. The summed E-state index contributed by atoms with van der Waals surface area (Å²) in [5, 5.41) is 11.2. The molecule has 2 atom stereocenters. The van der Waals surface area contributed by atoms with E-state index in [9.17, 15) is 9.18 Å². The number of anilines is 2. The lowest BCUT2D eigenvalue weighted by Crippen LogP contribution is -2.29. The molecule has 1 aliphatic carbocycles. The molecule has 6 nitrogen and oxygen atoms in total. The van der Waals surface area contributed by atoms with E-state index in [1.165, 1.54) is 6.92 Å². The lowest BCUT2D eigenvalue weighted by Gasteiger charge is -2.22. The van der Waals surface area contributed by atoms with Crippen molar-refractivity contribution in [3.8, 4) is 0 Å². The van der Waals surface area contributed by atoms with Crippen molar-refractivity contribution < 1.29 is 13.8 Å². The van der Waals surface area contributed by atoms with Crippen LogP contribution in [0.2, 0.25) is 0 Å². The van der Waals surface area contributed by atoms with Crippen LogP contribution in [0.1, 0.15) is 30.0 Å². The smallest absolute Gasteiger partial charge is 0.221 e. The number of hydrogen-bond acceptors (Lipinski definition) is 4. The van der Waals surface area contributed by atoms with Gasteiger partial charge in [-0.3, -0.25) is 4.79 Å². The molecule has 1 aromatic carbocycles. The molecule has 0 bridgehead atoms. The van der Waals surface area contributed by atoms with Crippen LogP contribution in [0.25, 0.3) is 5.57 Å². The Morgan fingerprint density at radius 2 is 2.06 bits per heavy atom. The third-order valence-corrected chi connectivity index (χ3v) is 6.24. The predicted octanol–water partition coefficient (Wildman–Crippen LogP) is 5.60. The summed E-state index contributed by atoms with van der Waals surface area (Å²) < 4.78 is 14.2. The number of rotatable bonds is 5. The standard InChI is InChI=1S/C28H26FN5O/c1-18-24(13-14-30-28(18)32-23-11-7-9-21(29)17-23)26-25-12-4-5-15-34(25,3)33-27(26)20-8-6-10-22(16-20)31-19(2)35/h4-8,10-17,21H,9H2,1-3H3,(H-,30,31,32,35)/p+1. The van der Waals surface area contributed by atoms with Crippen LogP contribution in [0.15, 0.2) is 95.7 Å². The van der Waals surface area contributed by atoms with Crippen molar-refractivity contribution in [1.29, 1.82) is 0 Å². The number of hydrogen-bond donors (Lipinski definition) is 2. The van der Waals surface area contributed by atoms with Gasteiger partial charge >= 0.3 is 0 Å². The van der Waals surface area contributed by atoms with Crippen LogP contribution in [0.5, 0.6) is 0 Å². The molecular formula is C28H27FN5O+. The Morgan fingerprint density at radius 1 is 1.20 bits per heavy atom. The van der Waals surface area contributed by atoms with Gasteiger partial charge in [-0.15, -0.1) is 4.59 Å². The molecule has 0 spiro atoms. The van der Waals surface area contributed by atoms with Gasteiger partial charge in [0.15, 0.2) is 5.70 Å². The van der Waals surface area contributed by atoms with Gasteiger partial charge in [0.1, 0.15) is 30.9 Å². The predicted molar refractivity (Wildman–Crippen MR) is 138 cm³/mol. The monoisotopic (exact) mass is 468 g/mol. The van der Waals surface area contributed by atoms with E-state index in [4.69, 9.17) is 5.10 Å². The average Bonchev–Trinajstić information content (AvgIpc) is 3.13. The molecule has 5 rings (SSSR count). The molecule has 7 heteroatoms. The van der Waals surface area contributed by atoms with Crippen molar-refractivity contribution in [1.82, 2.24) is 4.98 Å². The maximum atomic E-state index is 13.9. The molecule has 1 aromatic heterocycles. The van der Waals surface area contributed by atoms with Gasteiger partial charge in [0.05, 0.1) is 5.57 Å². The van der Waals surface area contributed by atoms with Gasteiger partial charge < -0.3 is 10.6 Å². The average molecular weight is 469 g/mol. The number of quaternary nitrogens is 1. The quantitative estimate of drug-likeness (QED) is 0.562. The van der Waals surface area contributed by atoms with E-state index in [2.05, 4.69) is 21.7 Å². The van der Waals surface area contributed by atoms with Crippen LogP contribution < -0.4 is 10.6 Å². The molecule has 0 fully saturated rings. The Balaban J connectivity index is 1.62. The zero-order valence-corrected chi connectivity index (χ0v) is 19.9. The number of nitrogens with one attached hydrogen (secondary N) is 2. The molecule has 2 aromatic rings. The first-order chi connectivity index (χ1) is 16.8. The van der Waals surface area contributed by atoms with E-state index in [1.54, 1.807) is 12.3 Å². The molecule has 2 aliphatic heterocycles. The summed E-state index contributed by atoms with van der Waals surface area (Å²) in [5.74, 6) is 0.544. The van der Waals surface area contributed by atoms with E-state index in [0.29, 0.717) is 23.6 Å². The number of likely N-dealkylation sites (N-methyl/N-ethyl adjacent to an activating group) is 1. The normalized spacial score (nSPS) is 22.6. The molecule has 176 valence electrons. The molecule has 0 saturated heterocycles. The van der Waals surface area contributed by atoms with Crippen LogP contribution in [0, 0.1) is 6.92 Å². The number of benzene rings is 1. The maximum absolute atomic E-state index is 13.9. The summed E-state index contributed by atoms with van der Waals surface area (Å²) in [4.78, 5) is 16.2. The van der Waals surface area contributed by atoms with Crippen molar-refractivity contribution >= 4 is 28.7 Å². The van der Waals surface area contributed by atoms with Crippen LogP contribution in [-0.2, 0) is 4.79 Å². The fourth-order valence-corrected chi connectivity index (χ4v) is 4.58. The molecule has 35 heavy (non-hydrogen) atoms. The van der Waals surface area contributed by atoms with Crippen LogP contribution in [-0.4, -0.2) is 34.4 Å². The van der Waals surface area contributed by atoms with Crippen molar-refractivity contribution in [2.75, 3.05) is 17.7 Å². The van der Waals surface area contributed by atoms with Gasteiger partial charge in [0, 0.05) is 42.6 Å². The van der Waals surface area contributed by atoms with Gasteiger partial charge in [-0.05, 0) is 54.5 Å². The van der Waals surface area contributed by atoms with Gasteiger partial charge in [0.25, 0.3) is 0 Å². The lowest BCUT2D eigenvalue weighted by molar-refractivity contribution is -0.821. The topological polar surface area (TPSA) is 66.4 Å². The van der Waals surface area contributed by atoms with Crippen LogP contribution >= 0.6 is 0 Å². The maximum Gasteiger partial charge on any atom is 0.221 e. The highest BCUT2D eigenvalue weighted by molar-refractivity contribution is 6.33. The van der Waals surface area contributed by atoms with Gasteiger partial charge in [0.2, 0.25) is 5.91 Å². The Bertz CT molecular complexity index is 1400. The van der Waals surface area contributed by atoms with E-state index < -0.39 is 6.17 Å². The minimum absolute atomic E-state index is 0.126. The van der Waals surface area contributed by atoms with Gasteiger partial charge in [-0.2, -0.15) is 0 Å². The summed E-state index contributed by atoms with van der Waals surface area (Å²) in [5.41, 5.74) is 7.09. The van der Waals surface area contributed by atoms with Crippen molar-refractivity contribution in [2.24, 2.45) is 5.10 Å². The Labute approximate surface area is 204 Å². The first-order valence-corrected chi connectivity index (χ1v) is 11.5. The first-order valence-electron chi connectivity index (χ1n) is 11.5. The molecule has 0 saturated carbocycles. The van der Waals surface area contributed by atoms with Crippen LogP contribution in [0.3, 0.4) is 0 Å². The van der Waals surface area contributed by atoms with Crippen molar-refractivity contribution in [2.45, 2.75) is 26.4 Å². The molecule has 2 unspecified atom stereocenters. The number of halogens is 1. The van der Waals surface area contributed by atoms with Crippen LogP contribution in [0.4, 0.5) is 15.9 Å². The van der Waals surface area contributed by atoms with E-state index in [0.717, 1.165) is 33.7 Å². The molecule has 3 heterocycles. The Kier molecular flexibility index (Phi) is 5.78. The zero-order valence-electron chi connectivity index (χ0n) is 19.9. The highest BCUT2D eigenvalue weighted by Gasteiger charge is 2.40. The number of amides is 1. The lowest BCUT2D eigenvalue weighted by atomic mass is 9.91. The van der Waals surface area contributed by atoms with E-state index in [1.807, 2.05) is 74.8 Å². The molecular weight excluding hydrogens is 441 g/mol. The SMILES string of the molecule is CC(=O)Nc1cccc(C2=N[N+]3(C)C=CC=CC3=C2c2ccnc(NC3=CC(F)CC=C3)c2C)c1. The van der Waals surface area contributed by atoms with Crippen molar-refractivity contribution in [3.05, 3.63) is 107 Å². The van der Waals surface area contributed by atoms with Crippen molar-refractivity contribution in [3.63, 3.8) is 0 Å². The van der Waals surface area contributed by atoms with Gasteiger partial charge in [-0.25, -0.2) is 9.37 Å². The minimum Gasteiger partial charge on any atom is -0.340 e. The molecule has 0 radical (unpaired) electrons. The summed E-state index contributed by atoms with van der Waals surface area (Å²) >= 11 is 0. The third-order valence-electron chi connectivity index (χ3n) is 6.24. The number of carbonyl (C=O) groups excluding carboxylic acids is 1. The Morgan fingerprint density at radius 3 is 2.86 bits per heavy atom. The zero-order chi connectivity index (χ0) is 24.6. The number of pyridine rings is 1. The number of alkyl halides is 1. The summed E-state index contributed by atoms with van der Waals surface area (Å²) in [7, 11) is 2.04. The number of aromatic nitrogens is 1.